The summed E-state index contributed by atoms with van der Waals surface area (Å²) in [5.74, 6) is -0.0288. The van der Waals surface area contributed by atoms with Gasteiger partial charge in [0.25, 0.3) is 5.91 Å². The zero-order valence-electron chi connectivity index (χ0n) is 18.0. The average Bonchev–Trinajstić information content (AvgIpc) is 3.33. The minimum atomic E-state index is -0.120. The number of hydrogen-bond acceptors (Lipinski definition) is 5. The van der Waals surface area contributed by atoms with E-state index in [0.29, 0.717) is 25.2 Å². The van der Waals surface area contributed by atoms with Crippen LogP contribution in [0.3, 0.4) is 0 Å². The Hall–Kier alpha value is -3.26. The highest BCUT2D eigenvalue weighted by atomic mass is 16.3. The predicted octanol–water partition coefficient (Wildman–Crippen LogP) is 2.07. The summed E-state index contributed by atoms with van der Waals surface area (Å²) in [4.78, 5) is 34.1. The van der Waals surface area contributed by atoms with Crippen LogP contribution in [0.15, 0.2) is 36.7 Å². The Kier molecular flexibility index (Phi) is 5.61. The summed E-state index contributed by atoms with van der Waals surface area (Å²) in [5.41, 5.74) is 4.45. The Morgan fingerprint density at radius 2 is 2.09 bits per heavy atom. The molecule has 32 heavy (non-hydrogen) atoms. The van der Waals surface area contributed by atoms with Crippen molar-refractivity contribution >= 4 is 22.8 Å². The van der Waals surface area contributed by atoms with Crippen LogP contribution in [0.2, 0.25) is 0 Å². The molecular formula is C24H27N5O3. The SMILES string of the molecule is O=C(Cc1cccc(C(=O)N2CCCCC2CO)c1)N1CCc2c(cnc3[nH]ncc23)C1. The number of aromatic amines is 1. The van der Waals surface area contributed by atoms with Crippen LogP contribution in [0, 0.1) is 0 Å². The Morgan fingerprint density at radius 3 is 2.97 bits per heavy atom. The van der Waals surface area contributed by atoms with E-state index in [1.165, 1.54) is 5.56 Å². The van der Waals surface area contributed by atoms with E-state index < -0.39 is 0 Å². The number of aromatic nitrogens is 3. The lowest BCUT2D eigenvalue weighted by atomic mass is 9.98. The molecule has 2 amide bonds. The van der Waals surface area contributed by atoms with Crippen LogP contribution in [0.5, 0.6) is 0 Å². The van der Waals surface area contributed by atoms with Crippen LogP contribution in [0.1, 0.15) is 46.3 Å². The van der Waals surface area contributed by atoms with E-state index in [1.807, 2.05) is 29.3 Å². The molecule has 0 radical (unpaired) electrons. The van der Waals surface area contributed by atoms with Gasteiger partial charge in [0.15, 0.2) is 5.65 Å². The number of likely N-dealkylation sites (tertiary alicyclic amines) is 1. The summed E-state index contributed by atoms with van der Waals surface area (Å²) in [7, 11) is 0. The lowest BCUT2D eigenvalue weighted by Crippen LogP contribution is -2.45. The molecule has 1 saturated heterocycles. The third-order valence-electron chi connectivity index (χ3n) is 6.66. The molecule has 2 aromatic heterocycles. The third kappa shape index (κ3) is 3.86. The van der Waals surface area contributed by atoms with Gasteiger partial charge in [0.05, 0.1) is 25.3 Å². The van der Waals surface area contributed by atoms with Gasteiger partial charge in [-0.2, -0.15) is 5.10 Å². The van der Waals surface area contributed by atoms with Gasteiger partial charge in [-0.1, -0.05) is 12.1 Å². The molecule has 8 heteroatoms. The van der Waals surface area contributed by atoms with Crippen molar-refractivity contribution in [3.63, 3.8) is 0 Å². The summed E-state index contributed by atoms with van der Waals surface area (Å²) in [6, 6.07) is 7.21. The molecule has 2 aliphatic heterocycles. The molecule has 0 saturated carbocycles. The number of nitrogens with zero attached hydrogens (tertiary/aromatic N) is 4. The van der Waals surface area contributed by atoms with Crippen molar-refractivity contribution in [3.05, 3.63) is 58.9 Å². The highest BCUT2D eigenvalue weighted by Crippen LogP contribution is 2.25. The fourth-order valence-corrected chi connectivity index (χ4v) is 4.89. The van der Waals surface area contributed by atoms with Gasteiger partial charge in [0, 0.05) is 36.8 Å². The van der Waals surface area contributed by atoms with E-state index in [0.717, 1.165) is 47.8 Å². The summed E-state index contributed by atoms with van der Waals surface area (Å²) in [5, 5.41) is 17.6. The molecule has 2 N–H and O–H groups in total. The van der Waals surface area contributed by atoms with Crippen molar-refractivity contribution in [1.82, 2.24) is 25.0 Å². The first-order valence-electron chi connectivity index (χ1n) is 11.2. The molecule has 4 heterocycles. The summed E-state index contributed by atoms with van der Waals surface area (Å²) in [6.07, 6.45) is 7.46. The molecule has 0 spiro atoms. The summed E-state index contributed by atoms with van der Waals surface area (Å²) < 4.78 is 0. The lowest BCUT2D eigenvalue weighted by Gasteiger charge is -2.34. The first-order valence-corrected chi connectivity index (χ1v) is 11.2. The number of piperidine rings is 1. The second-order valence-electron chi connectivity index (χ2n) is 8.67. The maximum atomic E-state index is 13.0. The van der Waals surface area contributed by atoms with E-state index in [1.54, 1.807) is 17.2 Å². The Balaban J connectivity index is 1.28. The van der Waals surface area contributed by atoms with Crippen LogP contribution in [0.25, 0.3) is 11.0 Å². The molecule has 1 atom stereocenters. The normalized spacial score (nSPS) is 18.6. The molecule has 0 bridgehead atoms. The van der Waals surface area contributed by atoms with Crippen LogP contribution < -0.4 is 0 Å². The van der Waals surface area contributed by atoms with Crippen molar-refractivity contribution < 1.29 is 14.7 Å². The zero-order valence-corrected chi connectivity index (χ0v) is 18.0. The molecular weight excluding hydrogens is 406 g/mol. The highest BCUT2D eigenvalue weighted by Gasteiger charge is 2.27. The standard InChI is InChI=1S/C24H27N5O3/c30-15-19-6-1-2-8-29(19)24(32)17-5-3-4-16(10-17)11-22(31)28-9-7-20-18(14-28)12-25-23-21(20)13-26-27-23/h3-5,10,12-13,19,30H,1-2,6-9,11,14-15H2,(H,25,26,27). The highest BCUT2D eigenvalue weighted by molar-refractivity contribution is 5.95. The number of fused-ring (bicyclic) bond motifs is 3. The van der Waals surface area contributed by atoms with Gasteiger partial charge in [-0.3, -0.25) is 14.7 Å². The summed E-state index contributed by atoms with van der Waals surface area (Å²) in [6.45, 7) is 1.84. The average molecular weight is 434 g/mol. The van der Waals surface area contributed by atoms with Crippen LogP contribution in [0.4, 0.5) is 0 Å². The van der Waals surface area contributed by atoms with Crippen molar-refractivity contribution in [2.24, 2.45) is 0 Å². The molecule has 5 rings (SSSR count). The molecule has 2 aliphatic rings. The smallest absolute Gasteiger partial charge is 0.254 e. The summed E-state index contributed by atoms with van der Waals surface area (Å²) >= 11 is 0. The van der Waals surface area contributed by atoms with Crippen molar-refractivity contribution in [1.29, 1.82) is 0 Å². The molecule has 8 nitrogen and oxygen atoms in total. The number of amides is 2. The van der Waals surface area contributed by atoms with Gasteiger partial charge in [-0.05, 0) is 54.5 Å². The maximum absolute atomic E-state index is 13.0. The third-order valence-corrected chi connectivity index (χ3v) is 6.66. The first-order chi connectivity index (χ1) is 15.6. The number of carbonyl (C=O) groups excluding carboxylic acids is 2. The van der Waals surface area contributed by atoms with Gasteiger partial charge in [-0.25, -0.2) is 4.98 Å². The van der Waals surface area contributed by atoms with E-state index in [2.05, 4.69) is 15.2 Å². The van der Waals surface area contributed by atoms with E-state index in [9.17, 15) is 14.7 Å². The number of carbonyl (C=O) groups is 2. The van der Waals surface area contributed by atoms with Gasteiger partial charge >= 0.3 is 0 Å². The van der Waals surface area contributed by atoms with Crippen molar-refractivity contribution in [2.45, 2.75) is 44.7 Å². The van der Waals surface area contributed by atoms with Gasteiger partial charge in [0.1, 0.15) is 0 Å². The van der Waals surface area contributed by atoms with Gasteiger partial charge in [-0.15, -0.1) is 0 Å². The van der Waals surface area contributed by atoms with Crippen LogP contribution in [-0.4, -0.2) is 67.6 Å². The molecule has 1 fully saturated rings. The van der Waals surface area contributed by atoms with Gasteiger partial charge in [0.2, 0.25) is 5.91 Å². The number of aliphatic hydroxyl groups is 1. The number of pyridine rings is 1. The van der Waals surface area contributed by atoms with E-state index in [-0.39, 0.29) is 30.9 Å². The lowest BCUT2D eigenvalue weighted by molar-refractivity contribution is -0.131. The Bertz CT molecular complexity index is 1160. The van der Waals surface area contributed by atoms with Crippen molar-refractivity contribution in [3.8, 4) is 0 Å². The molecule has 0 aliphatic carbocycles. The van der Waals surface area contributed by atoms with Gasteiger partial charge < -0.3 is 14.9 Å². The minimum Gasteiger partial charge on any atom is -0.394 e. The van der Waals surface area contributed by atoms with Crippen LogP contribution in [-0.2, 0) is 24.2 Å². The van der Waals surface area contributed by atoms with Crippen molar-refractivity contribution in [2.75, 3.05) is 19.7 Å². The largest absolute Gasteiger partial charge is 0.394 e. The van der Waals surface area contributed by atoms with E-state index in [4.69, 9.17) is 0 Å². The first kappa shape index (κ1) is 20.6. The van der Waals surface area contributed by atoms with Crippen LogP contribution >= 0.6 is 0 Å². The second-order valence-corrected chi connectivity index (χ2v) is 8.67. The second kappa shape index (κ2) is 8.70. The molecule has 166 valence electrons. The Labute approximate surface area is 186 Å². The number of benzene rings is 1. The number of rotatable bonds is 4. The van der Waals surface area contributed by atoms with E-state index >= 15 is 0 Å². The Morgan fingerprint density at radius 1 is 1.19 bits per heavy atom. The fourth-order valence-electron chi connectivity index (χ4n) is 4.89. The topological polar surface area (TPSA) is 102 Å². The number of H-pyrrole nitrogens is 1. The predicted molar refractivity (Wildman–Crippen MR) is 119 cm³/mol. The zero-order chi connectivity index (χ0) is 22.1. The maximum Gasteiger partial charge on any atom is 0.254 e. The number of nitrogens with one attached hydrogen (secondary N) is 1. The number of aliphatic hydroxyl groups excluding tert-OH is 1. The quantitative estimate of drug-likeness (QED) is 0.656. The minimum absolute atomic E-state index is 0.0136. The molecule has 3 aromatic rings. The molecule has 1 aromatic carbocycles. The fraction of sp³-hybridized carbons (Fsp3) is 0.417. The molecule has 1 unspecified atom stereocenters. The number of hydrogen-bond donors (Lipinski definition) is 2. The monoisotopic (exact) mass is 433 g/mol.